The first-order chi connectivity index (χ1) is 4.68. The zero-order valence-corrected chi connectivity index (χ0v) is 6.35. The van der Waals surface area contributed by atoms with Crippen LogP contribution in [0.3, 0.4) is 0 Å². The molecule has 6 nitrogen and oxygen atoms in total. The molecule has 0 fully saturated rings. The fraction of sp³-hybridized carbons (Fsp3) is 0.800. The van der Waals surface area contributed by atoms with E-state index < -0.39 is 18.0 Å². The molecule has 6 heteroatoms. The summed E-state index contributed by atoms with van der Waals surface area (Å²) in [5, 5.41) is 30.6. The third kappa shape index (κ3) is 17.6. The average molecular weight is 167 g/mol. The minimum Gasteiger partial charge on any atom is -0.450 e. The van der Waals surface area contributed by atoms with Gasteiger partial charge in [0.25, 0.3) is 0 Å². The van der Waals surface area contributed by atoms with Gasteiger partial charge < -0.3 is 26.2 Å². The van der Waals surface area contributed by atoms with Gasteiger partial charge >= 0.3 is 6.16 Å². The van der Waals surface area contributed by atoms with E-state index in [1.807, 2.05) is 0 Å². The first-order valence-electron chi connectivity index (χ1n) is 2.75. The Morgan fingerprint density at radius 2 is 1.45 bits per heavy atom. The van der Waals surface area contributed by atoms with Crippen LogP contribution in [-0.4, -0.2) is 38.4 Å². The summed E-state index contributed by atoms with van der Waals surface area (Å²) in [6.07, 6.45) is -3.26. The summed E-state index contributed by atoms with van der Waals surface area (Å²) in [5.41, 5.74) is 4.29. The maximum absolute atomic E-state index is 8.56. The predicted octanol–water partition coefficient (Wildman–Crippen LogP) is -0.743. The molecule has 11 heavy (non-hydrogen) atoms. The molecule has 0 aliphatic rings. The summed E-state index contributed by atoms with van der Waals surface area (Å²) in [6.45, 7) is 3.08. The van der Waals surface area contributed by atoms with Crippen molar-refractivity contribution >= 4 is 6.16 Å². The van der Waals surface area contributed by atoms with Crippen LogP contribution in [0.4, 0.5) is 4.79 Å². The minimum absolute atomic E-state index is 0.889. The quantitative estimate of drug-likeness (QED) is 0.327. The van der Waals surface area contributed by atoms with Crippen molar-refractivity contribution in [2.75, 3.05) is 0 Å². The number of aliphatic hydroxyl groups excluding tert-OH is 1. The summed E-state index contributed by atoms with van der Waals surface area (Å²) in [6, 6.07) is 0. The highest BCUT2D eigenvalue weighted by atomic mass is 16.6. The van der Waals surface area contributed by atoms with Crippen molar-refractivity contribution in [1.29, 1.82) is 0 Å². The topological polar surface area (TPSA) is 124 Å². The Morgan fingerprint density at radius 3 is 1.45 bits per heavy atom. The molecule has 0 atom stereocenters. The second-order valence-electron chi connectivity index (χ2n) is 2.48. The van der Waals surface area contributed by atoms with Crippen LogP contribution >= 0.6 is 0 Å². The summed E-state index contributed by atoms with van der Waals surface area (Å²) in [4.78, 5) is 8.56. The van der Waals surface area contributed by atoms with E-state index in [9.17, 15) is 0 Å². The summed E-state index contributed by atoms with van der Waals surface area (Å²) < 4.78 is 0. The largest absolute Gasteiger partial charge is 0.503 e. The molecule has 0 heterocycles. The highest BCUT2D eigenvalue weighted by Crippen LogP contribution is 1.98. The zero-order valence-electron chi connectivity index (χ0n) is 6.35. The molecule has 0 radical (unpaired) electrons. The number of aliphatic hydroxyl groups is 2. The van der Waals surface area contributed by atoms with Crippen molar-refractivity contribution < 1.29 is 25.2 Å². The molecule has 0 spiro atoms. The van der Waals surface area contributed by atoms with Crippen LogP contribution in [0.15, 0.2) is 0 Å². The number of carboxylic acid groups (broad SMARTS) is 2. The monoisotopic (exact) mass is 167 g/mol. The molecular weight excluding hydrogens is 154 g/mol. The van der Waals surface area contributed by atoms with E-state index in [1.54, 1.807) is 0 Å². The lowest BCUT2D eigenvalue weighted by molar-refractivity contribution is -0.0848. The second kappa shape index (κ2) is 4.89. The lowest BCUT2D eigenvalue weighted by Gasteiger charge is -2.19. The van der Waals surface area contributed by atoms with Gasteiger partial charge in [-0.05, 0) is 13.8 Å². The fourth-order valence-electron chi connectivity index (χ4n) is 0. The molecule has 6 N–H and O–H groups in total. The Labute approximate surface area is 63.9 Å². The average Bonchev–Trinajstić information content (AvgIpc) is 1.59. The van der Waals surface area contributed by atoms with E-state index in [0.717, 1.165) is 0 Å². The van der Waals surface area contributed by atoms with Crippen molar-refractivity contribution in [2.45, 2.75) is 25.7 Å². The number of hydrogen-bond acceptors (Lipinski definition) is 4. The van der Waals surface area contributed by atoms with E-state index in [0.29, 0.717) is 0 Å². The number of rotatable bonds is 1. The molecule has 0 amide bonds. The Kier molecular flexibility index (Phi) is 5.69. The molecule has 0 unspecified atom stereocenters. The van der Waals surface area contributed by atoms with Gasteiger partial charge in [0.05, 0.1) is 5.54 Å². The van der Waals surface area contributed by atoms with Crippen molar-refractivity contribution in [2.24, 2.45) is 5.73 Å². The Balaban J connectivity index is 0. The van der Waals surface area contributed by atoms with Gasteiger partial charge in [0, 0.05) is 0 Å². The van der Waals surface area contributed by atoms with Crippen LogP contribution < -0.4 is 5.73 Å². The summed E-state index contributed by atoms with van der Waals surface area (Å²) in [7, 11) is 0. The zero-order chi connectivity index (χ0) is 9.65. The Bertz CT molecular complexity index is 113. The standard InChI is InChI=1S/C4H11NO2.CH2O3/c1-4(2,5)3(6)7;2-1(3)4/h3,6-7H,5H2,1-2H3;(H2,2,3,4). The molecule has 0 aromatic carbocycles. The van der Waals surface area contributed by atoms with Gasteiger partial charge in [-0.3, -0.25) is 0 Å². The molecule has 0 saturated carbocycles. The van der Waals surface area contributed by atoms with Crippen molar-refractivity contribution in [3.63, 3.8) is 0 Å². The molecule has 0 rings (SSSR count). The van der Waals surface area contributed by atoms with E-state index >= 15 is 0 Å². The van der Waals surface area contributed by atoms with E-state index in [2.05, 4.69) is 0 Å². The van der Waals surface area contributed by atoms with Crippen LogP contribution in [0.25, 0.3) is 0 Å². The number of carbonyl (C=O) groups is 1. The highest BCUT2D eigenvalue weighted by molar-refractivity contribution is 5.53. The van der Waals surface area contributed by atoms with Crippen LogP contribution in [0, 0.1) is 0 Å². The lowest BCUT2D eigenvalue weighted by Crippen LogP contribution is -2.44. The predicted molar refractivity (Wildman–Crippen MR) is 37.1 cm³/mol. The van der Waals surface area contributed by atoms with Crippen LogP contribution in [0.1, 0.15) is 13.8 Å². The minimum atomic E-state index is -1.83. The molecular formula is C5H13NO5. The summed E-state index contributed by atoms with van der Waals surface area (Å²) in [5.74, 6) is 0. The number of hydrogen-bond donors (Lipinski definition) is 5. The molecule has 0 aliphatic carbocycles. The Hall–Kier alpha value is -0.850. The lowest BCUT2D eigenvalue weighted by atomic mass is 10.1. The van der Waals surface area contributed by atoms with Gasteiger partial charge in [0.1, 0.15) is 0 Å². The molecule has 0 bridgehead atoms. The van der Waals surface area contributed by atoms with Crippen molar-refractivity contribution in [3.8, 4) is 0 Å². The third-order valence-corrected chi connectivity index (χ3v) is 0.665. The third-order valence-electron chi connectivity index (χ3n) is 0.665. The van der Waals surface area contributed by atoms with Gasteiger partial charge in [-0.15, -0.1) is 0 Å². The van der Waals surface area contributed by atoms with E-state index in [-0.39, 0.29) is 0 Å². The molecule has 0 aromatic rings. The van der Waals surface area contributed by atoms with Crippen molar-refractivity contribution in [1.82, 2.24) is 0 Å². The van der Waals surface area contributed by atoms with Crippen molar-refractivity contribution in [3.05, 3.63) is 0 Å². The van der Waals surface area contributed by atoms with Crippen LogP contribution in [0.5, 0.6) is 0 Å². The van der Waals surface area contributed by atoms with Crippen LogP contribution in [-0.2, 0) is 0 Å². The van der Waals surface area contributed by atoms with E-state index in [1.165, 1.54) is 13.8 Å². The maximum Gasteiger partial charge on any atom is 0.503 e. The van der Waals surface area contributed by atoms with Gasteiger partial charge in [-0.2, -0.15) is 0 Å². The molecule has 0 aromatic heterocycles. The second-order valence-corrected chi connectivity index (χ2v) is 2.48. The maximum atomic E-state index is 8.56. The smallest absolute Gasteiger partial charge is 0.450 e. The van der Waals surface area contributed by atoms with E-state index in [4.69, 9.17) is 31.0 Å². The first-order valence-corrected chi connectivity index (χ1v) is 2.75. The summed E-state index contributed by atoms with van der Waals surface area (Å²) >= 11 is 0. The van der Waals surface area contributed by atoms with Gasteiger partial charge in [-0.1, -0.05) is 0 Å². The van der Waals surface area contributed by atoms with Gasteiger partial charge in [-0.25, -0.2) is 4.79 Å². The molecule has 0 aliphatic heterocycles. The Morgan fingerprint density at radius 1 is 1.36 bits per heavy atom. The highest BCUT2D eigenvalue weighted by Gasteiger charge is 2.18. The normalized spacial score (nSPS) is 10.4. The SMILES string of the molecule is CC(C)(N)C(O)O.O=C(O)O. The molecule has 68 valence electrons. The first kappa shape index (κ1) is 12.8. The van der Waals surface area contributed by atoms with Gasteiger partial charge in [0.15, 0.2) is 6.29 Å². The fourth-order valence-corrected chi connectivity index (χ4v) is 0. The molecule has 0 saturated heterocycles. The number of nitrogens with two attached hydrogens (primary N) is 1. The van der Waals surface area contributed by atoms with Gasteiger partial charge in [0.2, 0.25) is 0 Å². The van der Waals surface area contributed by atoms with Crippen LogP contribution in [0.2, 0.25) is 0 Å².